The van der Waals surface area contributed by atoms with Crippen LogP contribution in [-0.4, -0.2) is 50.1 Å². The third-order valence-electron chi connectivity index (χ3n) is 7.43. The smallest absolute Gasteiger partial charge is 0.332 e. The molecule has 1 saturated heterocycles. The van der Waals surface area contributed by atoms with Gasteiger partial charge in [-0.2, -0.15) is 9.98 Å². The van der Waals surface area contributed by atoms with E-state index in [1.807, 2.05) is 35.9 Å². The third-order valence-corrected chi connectivity index (χ3v) is 7.43. The van der Waals surface area contributed by atoms with E-state index in [1.54, 1.807) is 11.7 Å². The fourth-order valence-corrected chi connectivity index (χ4v) is 4.92. The van der Waals surface area contributed by atoms with Crippen LogP contribution in [0.3, 0.4) is 0 Å². The third kappa shape index (κ3) is 4.28. The summed E-state index contributed by atoms with van der Waals surface area (Å²) in [6.07, 6.45) is 6.30. The van der Waals surface area contributed by atoms with Crippen LogP contribution in [0.1, 0.15) is 44.1 Å². The highest BCUT2D eigenvalue weighted by Crippen LogP contribution is 2.32. The van der Waals surface area contributed by atoms with Gasteiger partial charge in [0.15, 0.2) is 11.2 Å². The molecular formula is C26H32N6O3. The molecule has 2 saturated carbocycles. The topological polar surface area (TPSA) is 86.7 Å². The summed E-state index contributed by atoms with van der Waals surface area (Å²) in [5.74, 6) is 3.13. The van der Waals surface area contributed by atoms with E-state index in [0.717, 1.165) is 62.2 Å². The van der Waals surface area contributed by atoms with Crippen molar-refractivity contribution in [2.45, 2.75) is 58.2 Å². The SMILES string of the molecule is COc1ccc(Cn2c(/N=C3\CCCN3C)nc3c2c(=O)n(CC2CC2)c(=O)n3CC2CC2)cc1. The number of hydrogen-bond acceptors (Lipinski definition) is 5. The van der Waals surface area contributed by atoms with E-state index in [2.05, 4.69) is 4.90 Å². The summed E-state index contributed by atoms with van der Waals surface area (Å²) < 4.78 is 10.4. The molecule has 0 atom stereocenters. The molecule has 184 valence electrons. The Hall–Kier alpha value is -3.36. The Kier molecular flexibility index (Phi) is 5.50. The summed E-state index contributed by atoms with van der Waals surface area (Å²) in [6.45, 7) is 2.49. The molecule has 1 aromatic carbocycles. The minimum Gasteiger partial charge on any atom is -0.497 e. The Labute approximate surface area is 203 Å². The number of aliphatic imine (C=N–C) groups is 1. The minimum atomic E-state index is -0.254. The van der Waals surface area contributed by atoms with Gasteiger partial charge in [0.2, 0.25) is 5.95 Å². The van der Waals surface area contributed by atoms with Gasteiger partial charge >= 0.3 is 5.69 Å². The monoisotopic (exact) mass is 476 g/mol. The first-order valence-corrected chi connectivity index (χ1v) is 12.7. The molecule has 35 heavy (non-hydrogen) atoms. The largest absolute Gasteiger partial charge is 0.497 e. The van der Waals surface area contributed by atoms with Gasteiger partial charge in [0.1, 0.15) is 11.6 Å². The highest BCUT2D eigenvalue weighted by Gasteiger charge is 2.30. The zero-order valence-electron chi connectivity index (χ0n) is 20.4. The zero-order valence-corrected chi connectivity index (χ0v) is 20.4. The molecule has 9 heteroatoms. The Morgan fingerprint density at radius 1 is 1.00 bits per heavy atom. The Morgan fingerprint density at radius 3 is 2.29 bits per heavy atom. The molecule has 6 rings (SSSR count). The van der Waals surface area contributed by atoms with Crippen molar-refractivity contribution in [3.8, 4) is 5.75 Å². The van der Waals surface area contributed by atoms with E-state index in [4.69, 9.17) is 14.7 Å². The van der Waals surface area contributed by atoms with Crippen molar-refractivity contribution in [2.24, 2.45) is 16.8 Å². The van der Waals surface area contributed by atoms with Crippen LogP contribution in [0.2, 0.25) is 0 Å². The summed E-state index contributed by atoms with van der Waals surface area (Å²) in [4.78, 5) is 39.2. The van der Waals surface area contributed by atoms with E-state index in [1.165, 1.54) is 4.57 Å². The number of likely N-dealkylation sites (tertiary alicyclic amines) is 1. The molecule has 0 spiro atoms. The Morgan fingerprint density at radius 2 is 1.69 bits per heavy atom. The zero-order chi connectivity index (χ0) is 24.1. The molecule has 1 aliphatic heterocycles. The van der Waals surface area contributed by atoms with Crippen LogP contribution in [0.4, 0.5) is 5.95 Å². The van der Waals surface area contributed by atoms with Crippen molar-refractivity contribution in [3.63, 3.8) is 0 Å². The number of benzene rings is 1. The van der Waals surface area contributed by atoms with Crippen LogP contribution in [0.25, 0.3) is 11.2 Å². The fraction of sp³-hybridized carbons (Fsp3) is 0.538. The van der Waals surface area contributed by atoms with Crippen LogP contribution in [0.15, 0.2) is 38.8 Å². The van der Waals surface area contributed by atoms with Gasteiger partial charge in [0.05, 0.1) is 13.7 Å². The minimum absolute atomic E-state index is 0.229. The van der Waals surface area contributed by atoms with E-state index in [-0.39, 0.29) is 11.2 Å². The normalized spacial score (nSPS) is 19.3. The Bertz CT molecular complexity index is 1410. The number of hydrogen-bond donors (Lipinski definition) is 0. The van der Waals surface area contributed by atoms with Crippen molar-refractivity contribution in [2.75, 3.05) is 20.7 Å². The number of methoxy groups -OCH3 is 1. The summed E-state index contributed by atoms with van der Waals surface area (Å²) in [7, 11) is 3.68. The van der Waals surface area contributed by atoms with Gasteiger partial charge in [-0.25, -0.2) is 4.79 Å². The average molecular weight is 477 g/mol. The van der Waals surface area contributed by atoms with Gasteiger partial charge in [-0.1, -0.05) is 12.1 Å². The van der Waals surface area contributed by atoms with Gasteiger partial charge < -0.3 is 9.64 Å². The maximum atomic E-state index is 13.8. The highest BCUT2D eigenvalue weighted by molar-refractivity contribution is 5.86. The molecule has 3 aliphatic rings. The number of fused-ring (bicyclic) bond motifs is 1. The second kappa shape index (κ2) is 8.70. The summed E-state index contributed by atoms with van der Waals surface area (Å²) in [6, 6.07) is 7.82. The molecule has 3 fully saturated rings. The Balaban J connectivity index is 1.56. The molecule has 2 aliphatic carbocycles. The predicted molar refractivity (Wildman–Crippen MR) is 135 cm³/mol. The number of amidine groups is 1. The van der Waals surface area contributed by atoms with Crippen LogP contribution in [-0.2, 0) is 19.6 Å². The second-order valence-corrected chi connectivity index (χ2v) is 10.3. The van der Waals surface area contributed by atoms with E-state index in [0.29, 0.717) is 48.6 Å². The molecule has 0 amide bonds. The number of nitrogens with zero attached hydrogens (tertiary/aromatic N) is 6. The van der Waals surface area contributed by atoms with Gasteiger partial charge in [-0.3, -0.25) is 18.5 Å². The van der Waals surface area contributed by atoms with Crippen molar-refractivity contribution in [3.05, 3.63) is 50.7 Å². The molecule has 0 bridgehead atoms. The lowest BCUT2D eigenvalue weighted by atomic mass is 10.2. The van der Waals surface area contributed by atoms with Gasteiger partial charge in [-0.05, 0) is 61.6 Å². The first-order valence-electron chi connectivity index (χ1n) is 12.7. The van der Waals surface area contributed by atoms with E-state index in [9.17, 15) is 9.59 Å². The number of imidazole rings is 1. The first-order chi connectivity index (χ1) is 17.0. The molecule has 0 N–H and O–H groups in total. The standard InChI is InChI=1S/C26H32N6O3/c1-29-13-3-4-21(29)27-25-28-23-22(30(25)14-19-9-11-20(35-2)12-10-19)24(33)32(16-18-7-8-18)26(34)31(23)15-17-5-6-17/h9-12,17-18H,3-8,13-16H2,1-2H3/b27-21+. The van der Waals surface area contributed by atoms with Crippen molar-refractivity contribution in [1.29, 1.82) is 0 Å². The maximum absolute atomic E-state index is 13.8. The van der Waals surface area contributed by atoms with E-state index >= 15 is 0 Å². The summed E-state index contributed by atoms with van der Waals surface area (Å²) in [5.41, 5.74) is 1.47. The molecule has 3 aromatic rings. The molecule has 2 aromatic heterocycles. The van der Waals surface area contributed by atoms with Crippen LogP contribution < -0.4 is 16.0 Å². The lowest BCUT2D eigenvalue weighted by Gasteiger charge is -2.13. The molecule has 9 nitrogen and oxygen atoms in total. The van der Waals surface area contributed by atoms with Crippen LogP contribution in [0, 0.1) is 11.8 Å². The lowest BCUT2D eigenvalue weighted by molar-refractivity contribution is 0.414. The highest BCUT2D eigenvalue weighted by atomic mass is 16.5. The van der Waals surface area contributed by atoms with Crippen LogP contribution >= 0.6 is 0 Å². The second-order valence-electron chi connectivity index (χ2n) is 10.3. The summed E-state index contributed by atoms with van der Waals surface area (Å²) >= 11 is 0. The van der Waals surface area contributed by atoms with Crippen LogP contribution in [0.5, 0.6) is 5.75 Å². The summed E-state index contributed by atoms with van der Waals surface area (Å²) in [5, 5.41) is 0. The van der Waals surface area contributed by atoms with Crippen molar-refractivity contribution < 1.29 is 4.74 Å². The van der Waals surface area contributed by atoms with Crippen molar-refractivity contribution >= 4 is 22.9 Å². The number of aromatic nitrogens is 4. The molecule has 0 radical (unpaired) electrons. The molecular weight excluding hydrogens is 444 g/mol. The lowest BCUT2D eigenvalue weighted by Crippen LogP contribution is -2.41. The predicted octanol–water partition coefficient (Wildman–Crippen LogP) is 2.99. The quantitative estimate of drug-likeness (QED) is 0.499. The van der Waals surface area contributed by atoms with Gasteiger partial charge in [0, 0.05) is 33.1 Å². The van der Waals surface area contributed by atoms with Gasteiger partial charge in [-0.15, -0.1) is 0 Å². The maximum Gasteiger partial charge on any atom is 0.332 e. The van der Waals surface area contributed by atoms with Crippen molar-refractivity contribution in [1.82, 2.24) is 23.6 Å². The number of rotatable bonds is 8. The first kappa shape index (κ1) is 22.1. The molecule has 0 unspecified atom stereocenters. The number of ether oxygens (including phenoxy) is 1. The van der Waals surface area contributed by atoms with Gasteiger partial charge in [0.25, 0.3) is 5.56 Å². The van der Waals surface area contributed by atoms with E-state index < -0.39 is 0 Å². The fourth-order valence-electron chi connectivity index (χ4n) is 4.92. The molecule has 3 heterocycles. The average Bonchev–Trinajstić information content (AvgIpc) is 3.78.